The Labute approximate surface area is 117 Å². The third-order valence-corrected chi connectivity index (χ3v) is 4.97. The molecule has 2 saturated carbocycles. The van der Waals surface area contributed by atoms with Crippen LogP contribution in [0.15, 0.2) is 0 Å². The molecular formula is C16H29NO2. The van der Waals surface area contributed by atoms with Crippen molar-refractivity contribution in [3.05, 3.63) is 0 Å². The van der Waals surface area contributed by atoms with Crippen LogP contribution in [-0.4, -0.2) is 18.6 Å². The molecule has 0 heterocycles. The van der Waals surface area contributed by atoms with Gasteiger partial charge in [0.2, 0.25) is 0 Å². The Balaban J connectivity index is 1.81. The van der Waals surface area contributed by atoms with Gasteiger partial charge in [-0.25, -0.2) is 0 Å². The van der Waals surface area contributed by atoms with Crippen molar-refractivity contribution < 1.29 is 9.53 Å². The summed E-state index contributed by atoms with van der Waals surface area (Å²) in [5.41, 5.74) is 5.98. The maximum Gasteiger partial charge on any atom is 0.306 e. The number of carbonyl (C=O) groups excluding carboxylic acids is 1. The molecule has 0 radical (unpaired) electrons. The average molecular weight is 267 g/mol. The zero-order valence-corrected chi connectivity index (χ0v) is 12.2. The number of hydrogen-bond acceptors (Lipinski definition) is 3. The van der Waals surface area contributed by atoms with Gasteiger partial charge in [0.1, 0.15) is 6.10 Å². The van der Waals surface area contributed by atoms with E-state index in [9.17, 15) is 4.79 Å². The standard InChI is InChI=1S/C16H29NO2/c17-13-16(10-6-3-7-11-16)12-15(18)19-14-8-4-1-2-5-9-14/h14H,1-13,17H2. The summed E-state index contributed by atoms with van der Waals surface area (Å²) in [4.78, 5) is 12.2. The van der Waals surface area contributed by atoms with Gasteiger partial charge in [-0.15, -0.1) is 0 Å². The number of ether oxygens (including phenoxy) is 1. The molecular weight excluding hydrogens is 238 g/mol. The van der Waals surface area contributed by atoms with Crippen LogP contribution in [0.25, 0.3) is 0 Å². The van der Waals surface area contributed by atoms with Crippen molar-refractivity contribution in [1.29, 1.82) is 0 Å². The van der Waals surface area contributed by atoms with E-state index in [1.165, 1.54) is 44.9 Å². The van der Waals surface area contributed by atoms with Gasteiger partial charge >= 0.3 is 5.97 Å². The molecule has 2 fully saturated rings. The van der Waals surface area contributed by atoms with Gasteiger partial charge in [-0.05, 0) is 50.5 Å². The van der Waals surface area contributed by atoms with Crippen LogP contribution in [-0.2, 0) is 9.53 Å². The van der Waals surface area contributed by atoms with Gasteiger partial charge < -0.3 is 10.5 Å². The lowest BCUT2D eigenvalue weighted by atomic mass is 9.72. The first kappa shape index (κ1) is 14.8. The summed E-state index contributed by atoms with van der Waals surface area (Å²) < 4.78 is 5.71. The van der Waals surface area contributed by atoms with Crippen LogP contribution in [0.1, 0.15) is 77.0 Å². The average Bonchev–Trinajstić information content (AvgIpc) is 2.68. The molecule has 3 heteroatoms. The molecule has 0 aromatic rings. The zero-order chi connectivity index (χ0) is 13.6. The fourth-order valence-electron chi connectivity index (χ4n) is 3.65. The molecule has 0 spiro atoms. The Morgan fingerprint density at radius 2 is 1.58 bits per heavy atom. The maximum atomic E-state index is 12.2. The van der Waals surface area contributed by atoms with Crippen LogP contribution in [0.3, 0.4) is 0 Å². The third kappa shape index (κ3) is 4.48. The van der Waals surface area contributed by atoms with Crippen molar-refractivity contribution in [2.24, 2.45) is 11.1 Å². The van der Waals surface area contributed by atoms with E-state index in [2.05, 4.69) is 0 Å². The van der Waals surface area contributed by atoms with E-state index in [-0.39, 0.29) is 17.5 Å². The monoisotopic (exact) mass is 267 g/mol. The molecule has 0 unspecified atom stereocenters. The highest BCUT2D eigenvalue weighted by Gasteiger charge is 2.34. The van der Waals surface area contributed by atoms with E-state index < -0.39 is 0 Å². The Hall–Kier alpha value is -0.570. The van der Waals surface area contributed by atoms with Crippen LogP contribution in [0, 0.1) is 5.41 Å². The van der Waals surface area contributed by atoms with Gasteiger partial charge in [0.25, 0.3) is 0 Å². The molecule has 0 atom stereocenters. The normalized spacial score (nSPS) is 24.7. The highest BCUT2D eigenvalue weighted by atomic mass is 16.5. The van der Waals surface area contributed by atoms with Crippen molar-refractivity contribution in [1.82, 2.24) is 0 Å². The first-order chi connectivity index (χ1) is 9.24. The molecule has 0 aromatic carbocycles. The quantitative estimate of drug-likeness (QED) is 0.626. The van der Waals surface area contributed by atoms with E-state index in [1.807, 2.05) is 0 Å². The van der Waals surface area contributed by atoms with Crippen LogP contribution in [0.2, 0.25) is 0 Å². The van der Waals surface area contributed by atoms with Crippen LogP contribution in [0.4, 0.5) is 0 Å². The number of hydrogen-bond donors (Lipinski definition) is 1. The van der Waals surface area contributed by atoms with Crippen molar-refractivity contribution >= 4 is 5.97 Å². The minimum Gasteiger partial charge on any atom is -0.462 e. The topological polar surface area (TPSA) is 52.3 Å². The van der Waals surface area contributed by atoms with Gasteiger partial charge in [0.05, 0.1) is 6.42 Å². The lowest BCUT2D eigenvalue weighted by molar-refractivity contribution is -0.153. The molecule has 0 aromatic heterocycles. The second-order valence-corrected chi connectivity index (χ2v) is 6.54. The first-order valence-corrected chi connectivity index (χ1v) is 8.14. The zero-order valence-electron chi connectivity index (χ0n) is 12.2. The second-order valence-electron chi connectivity index (χ2n) is 6.54. The highest BCUT2D eigenvalue weighted by Crippen LogP contribution is 2.38. The molecule has 2 aliphatic carbocycles. The van der Waals surface area contributed by atoms with E-state index in [1.54, 1.807) is 0 Å². The Morgan fingerprint density at radius 1 is 1.00 bits per heavy atom. The molecule has 110 valence electrons. The fourth-order valence-corrected chi connectivity index (χ4v) is 3.65. The smallest absolute Gasteiger partial charge is 0.306 e. The number of esters is 1. The fraction of sp³-hybridized carbons (Fsp3) is 0.938. The van der Waals surface area contributed by atoms with E-state index >= 15 is 0 Å². The predicted molar refractivity (Wildman–Crippen MR) is 76.8 cm³/mol. The van der Waals surface area contributed by atoms with Crippen molar-refractivity contribution in [3.63, 3.8) is 0 Å². The molecule has 0 saturated heterocycles. The highest BCUT2D eigenvalue weighted by molar-refractivity contribution is 5.70. The maximum absolute atomic E-state index is 12.2. The Kier molecular flexibility index (Phi) is 5.68. The van der Waals surface area contributed by atoms with Crippen LogP contribution >= 0.6 is 0 Å². The lowest BCUT2D eigenvalue weighted by Gasteiger charge is -2.35. The van der Waals surface area contributed by atoms with Crippen LogP contribution in [0.5, 0.6) is 0 Å². The molecule has 3 nitrogen and oxygen atoms in total. The van der Waals surface area contributed by atoms with Gasteiger partial charge in [-0.2, -0.15) is 0 Å². The SMILES string of the molecule is NCC1(CC(=O)OC2CCCCCC2)CCCCC1. The molecule has 2 rings (SSSR count). The van der Waals surface area contributed by atoms with Gasteiger partial charge in [0.15, 0.2) is 0 Å². The Bertz CT molecular complexity index is 276. The van der Waals surface area contributed by atoms with Gasteiger partial charge in [-0.1, -0.05) is 32.1 Å². The Morgan fingerprint density at radius 3 is 2.16 bits per heavy atom. The summed E-state index contributed by atoms with van der Waals surface area (Å²) in [5, 5.41) is 0. The van der Waals surface area contributed by atoms with Crippen LogP contribution < -0.4 is 5.73 Å². The molecule has 2 aliphatic rings. The summed E-state index contributed by atoms with van der Waals surface area (Å²) in [7, 11) is 0. The molecule has 0 aliphatic heterocycles. The minimum absolute atomic E-state index is 0.000694. The third-order valence-electron chi connectivity index (χ3n) is 4.97. The summed E-state index contributed by atoms with van der Waals surface area (Å²) >= 11 is 0. The lowest BCUT2D eigenvalue weighted by Crippen LogP contribution is -2.36. The first-order valence-electron chi connectivity index (χ1n) is 8.14. The van der Waals surface area contributed by atoms with E-state index in [4.69, 9.17) is 10.5 Å². The van der Waals surface area contributed by atoms with E-state index in [0.717, 1.165) is 25.7 Å². The van der Waals surface area contributed by atoms with Crippen molar-refractivity contribution in [3.8, 4) is 0 Å². The molecule has 0 amide bonds. The van der Waals surface area contributed by atoms with Gasteiger partial charge in [-0.3, -0.25) is 4.79 Å². The van der Waals surface area contributed by atoms with E-state index in [0.29, 0.717) is 13.0 Å². The van der Waals surface area contributed by atoms with Crippen molar-refractivity contribution in [2.45, 2.75) is 83.2 Å². The summed E-state index contributed by atoms with van der Waals surface area (Å²) in [5.74, 6) is -0.000694. The largest absolute Gasteiger partial charge is 0.462 e. The summed E-state index contributed by atoms with van der Waals surface area (Å²) in [6, 6.07) is 0. The molecule has 2 N–H and O–H groups in total. The minimum atomic E-state index is -0.000694. The van der Waals surface area contributed by atoms with Gasteiger partial charge in [0, 0.05) is 0 Å². The van der Waals surface area contributed by atoms with Crippen molar-refractivity contribution in [2.75, 3.05) is 6.54 Å². The summed E-state index contributed by atoms with van der Waals surface area (Å²) in [6.45, 7) is 0.632. The number of carbonyl (C=O) groups is 1. The second kappa shape index (κ2) is 7.28. The molecule has 19 heavy (non-hydrogen) atoms. The number of nitrogens with two attached hydrogens (primary N) is 1. The predicted octanol–water partition coefficient (Wildman–Crippen LogP) is 3.55. The summed E-state index contributed by atoms with van der Waals surface area (Å²) in [6.07, 6.45) is 13.8. The number of rotatable bonds is 4. The molecule has 0 bridgehead atoms.